The van der Waals surface area contributed by atoms with E-state index < -0.39 is 23.7 Å². The van der Waals surface area contributed by atoms with Crippen molar-refractivity contribution in [3.63, 3.8) is 0 Å². The van der Waals surface area contributed by atoms with E-state index in [0.717, 1.165) is 37.9 Å². The van der Waals surface area contributed by atoms with Gasteiger partial charge in [-0.1, -0.05) is 31.7 Å². The SMILES string of the molecule is Cn1cc(NC(=O)[C@H](CC2CCCC2)NC(=O)c2cccc(Nc3cncc(C(F)(F)F)c3)c2)cn1. The Bertz CT molecular complexity index is 1220. The second-order valence-electron chi connectivity index (χ2n) is 8.97. The number of benzene rings is 1. The van der Waals surface area contributed by atoms with Crippen LogP contribution in [0.25, 0.3) is 0 Å². The molecule has 0 aliphatic heterocycles. The van der Waals surface area contributed by atoms with Gasteiger partial charge >= 0.3 is 6.18 Å². The number of alkyl halides is 3. The highest BCUT2D eigenvalue weighted by molar-refractivity contribution is 6.01. The highest BCUT2D eigenvalue weighted by Gasteiger charge is 2.31. The van der Waals surface area contributed by atoms with Crippen LogP contribution in [0, 0.1) is 5.92 Å². The van der Waals surface area contributed by atoms with Crippen LogP contribution in [0.3, 0.4) is 0 Å². The number of hydrogen-bond donors (Lipinski definition) is 3. The van der Waals surface area contributed by atoms with Crippen molar-refractivity contribution >= 4 is 28.9 Å². The normalized spacial score (nSPS) is 14.9. The molecule has 1 aliphatic carbocycles. The fourth-order valence-electron chi connectivity index (χ4n) is 4.34. The zero-order valence-corrected chi connectivity index (χ0v) is 19.7. The maximum absolute atomic E-state index is 13.1. The minimum absolute atomic E-state index is 0.136. The number of carbonyl (C=O) groups excluding carboxylic acids is 2. The minimum atomic E-state index is -4.52. The summed E-state index contributed by atoms with van der Waals surface area (Å²) in [6.45, 7) is 0. The van der Waals surface area contributed by atoms with Crippen molar-refractivity contribution in [2.24, 2.45) is 13.0 Å². The first kappa shape index (κ1) is 25.2. The number of hydrogen-bond acceptors (Lipinski definition) is 5. The molecular formula is C25H27F3N6O2. The highest BCUT2D eigenvalue weighted by atomic mass is 19.4. The maximum atomic E-state index is 13.1. The van der Waals surface area contributed by atoms with E-state index in [9.17, 15) is 22.8 Å². The Morgan fingerprint density at radius 2 is 1.86 bits per heavy atom. The summed E-state index contributed by atoms with van der Waals surface area (Å²) in [5.41, 5.74) is 0.476. The summed E-state index contributed by atoms with van der Waals surface area (Å²) in [5, 5.41) is 12.5. The van der Waals surface area contributed by atoms with Gasteiger partial charge in [-0.05, 0) is 36.6 Å². The molecule has 1 fully saturated rings. The van der Waals surface area contributed by atoms with Crippen LogP contribution in [0.5, 0.6) is 0 Å². The van der Waals surface area contributed by atoms with Crippen LogP contribution >= 0.6 is 0 Å². The Balaban J connectivity index is 1.47. The third-order valence-corrected chi connectivity index (χ3v) is 6.12. The van der Waals surface area contributed by atoms with Gasteiger partial charge in [-0.15, -0.1) is 0 Å². The zero-order valence-electron chi connectivity index (χ0n) is 19.7. The Morgan fingerprint density at radius 1 is 1.08 bits per heavy atom. The summed E-state index contributed by atoms with van der Waals surface area (Å²) >= 11 is 0. The molecule has 2 amide bonds. The maximum Gasteiger partial charge on any atom is 0.417 e. The van der Waals surface area contributed by atoms with Crippen molar-refractivity contribution in [2.45, 2.75) is 44.3 Å². The summed E-state index contributed by atoms with van der Waals surface area (Å²) in [6.07, 6.45) is 5.45. The van der Waals surface area contributed by atoms with Gasteiger partial charge in [0, 0.05) is 30.7 Å². The van der Waals surface area contributed by atoms with Crippen LogP contribution in [-0.2, 0) is 18.0 Å². The molecule has 1 aliphatic rings. The topological polar surface area (TPSA) is 101 Å². The summed E-state index contributed by atoms with van der Waals surface area (Å²) < 4.78 is 40.5. The molecule has 3 N–H and O–H groups in total. The Labute approximate surface area is 206 Å². The summed E-state index contributed by atoms with van der Waals surface area (Å²) in [7, 11) is 1.74. The van der Waals surface area contributed by atoms with Crippen molar-refractivity contribution < 1.29 is 22.8 Å². The van der Waals surface area contributed by atoms with Crippen molar-refractivity contribution in [1.29, 1.82) is 0 Å². The zero-order chi connectivity index (χ0) is 25.7. The van der Waals surface area contributed by atoms with Gasteiger partial charge in [0.05, 0.1) is 29.3 Å². The van der Waals surface area contributed by atoms with E-state index in [0.29, 0.717) is 23.7 Å². The number of carbonyl (C=O) groups is 2. The second-order valence-corrected chi connectivity index (χ2v) is 8.97. The molecule has 0 bridgehead atoms. The number of rotatable bonds is 8. The quantitative estimate of drug-likeness (QED) is 0.409. The molecule has 0 unspecified atom stereocenters. The molecule has 0 radical (unpaired) electrons. The van der Waals surface area contributed by atoms with Crippen LogP contribution in [0.1, 0.15) is 48.0 Å². The number of nitrogens with one attached hydrogen (secondary N) is 3. The molecule has 1 atom stereocenters. The lowest BCUT2D eigenvalue weighted by molar-refractivity contribution is -0.137. The number of pyridine rings is 1. The van der Waals surface area contributed by atoms with Crippen molar-refractivity contribution in [2.75, 3.05) is 10.6 Å². The average Bonchev–Trinajstić information content (AvgIpc) is 3.50. The molecule has 8 nitrogen and oxygen atoms in total. The molecule has 0 saturated heterocycles. The first-order chi connectivity index (χ1) is 17.2. The fraction of sp³-hybridized carbons (Fsp3) is 0.360. The van der Waals surface area contributed by atoms with Gasteiger partial charge in [0.1, 0.15) is 6.04 Å². The lowest BCUT2D eigenvalue weighted by atomic mass is 9.97. The van der Waals surface area contributed by atoms with E-state index in [4.69, 9.17) is 0 Å². The third-order valence-electron chi connectivity index (χ3n) is 6.12. The van der Waals surface area contributed by atoms with E-state index in [1.807, 2.05) is 0 Å². The number of halogens is 3. The lowest BCUT2D eigenvalue weighted by Crippen LogP contribution is -2.44. The van der Waals surface area contributed by atoms with E-state index in [1.54, 1.807) is 36.1 Å². The van der Waals surface area contributed by atoms with Crippen molar-refractivity contribution in [1.82, 2.24) is 20.1 Å². The summed E-state index contributed by atoms with van der Waals surface area (Å²) in [5.74, 6) is -0.436. The first-order valence-corrected chi connectivity index (χ1v) is 11.7. The van der Waals surface area contributed by atoms with E-state index >= 15 is 0 Å². The average molecular weight is 501 g/mol. The molecule has 1 aromatic carbocycles. The van der Waals surface area contributed by atoms with E-state index in [2.05, 4.69) is 26.0 Å². The predicted molar refractivity (Wildman–Crippen MR) is 129 cm³/mol. The predicted octanol–water partition coefficient (Wildman–Crippen LogP) is 4.89. The van der Waals surface area contributed by atoms with E-state index in [1.165, 1.54) is 18.5 Å². The van der Waals surface area contributed by atoms with Crippen molar-refractivity contribution in [3.8, 4) is 0 Å². The van der Waals surface area contributed by atoms with Crippen LogP contribution in [0.2, 0.25) is 0 Å². The number of aromatic nitrogens is 3. The molecule has 2 aromatic heterocycles. The van der Waals surface area contributed by atoms with E-state index in [-0.39, 0.29) is 17.2 Å². The van der Waals surface area contributed by atoms with Gasteiger partial charge in [0.15, 0.2) is 0 Å². The number of aryl methyl sites for hydroxylation is 1. The minimum Gasteiger partial charge on any atom is -0.354 e. The molecule has 11 heteroatoms. The molecular weight excluding hydrogens is 473 g/mol. The van der Waals surface area contributed by atoms with Gasteiger partial charge in [0.2, 0.25) is 5.91 Å². The first-order valence-electron chi connectivity index (χ1n) is 11.7. The Hall–Kier alpha value is -3.89. The third kappa shape index (κ3) is 6.61. The Morgan fingerprint density at radius 3 is 2.56 bits per heavy atom. The molecule has 1 saturated carbocycles. The highest BCUT2D eigenvalue weighted by Crippen LogP contribution is 2.31. The summed E-state index contributed by atoms with van der Waals surface area (Å²) in [4.78, 5) is 29.7. The molecule has 0 spiro atoms. The van der Waals surface area contributed by atoms with Crippen LogP contribution in [0.4, 0.5) is 30.2 Å². The summed E-state index contributed by atoms with van der Waals surface area (Å²) in [6, 6.07) is 6.53. The van der Waals surface area contributed by atoms with Gasteiger partial charge < -0.3 is 16.0 Å². The number of nitrogens with zero attached hydrogens (tertiary/aromatic N) is 3. The number of amides is 2. The molecule has 190 valence electrons. The van der Waals surface area contributed by atoms with Gasteiger partial charge in [-0.3, -0.25) is 19.3 Å². The van der Waals surface area contributed by atoms with Gasteiger partial charge in [0.25, 0.3) is 5.91 Å². The van der Waals surface area contributed by atoms with Crippen molar-refractivity contribution in [3.05, 3.63) is 66.2 Å². The number of anilines is 3. The van der Waals surface area contributed by atoms with Crippen LogP contribution in [-0.4, -0.2) is 32.6 Å². The fourth-order valence-corrected chi connectivity index (χ4v) is 4.34. The molecule has 36 heavy (non-hydrogen) atoms. The monoisotopic (exact) mass is 500 g/mol. The molecule has 4 rings (SSSR count). The van der Waals surface area contributed by atoms with Gasteiger partial charge in [-0.25, -0.2) is 0 Å². The largest absolute Gasteiger partial charge is 0.417 e. The Kier molecular flexibility index (Phi) is 7.56. The van der Waals surface area contributed by atoms with Crippen LogP contribution < -0.4 is 16.0 Å². The van der Waals surface area contributed by atoms with Gasteiger partial charge in [-0.2, -0.15) is 18.3 Å². The second kappa shape index (κ2) is 10.8. The standard InChI is InChI=1S/C25H27F3N6O2/c1-34-15-21(14-30-34)32-24(36)22(9-16-5-2-3-6-16)33-23(35)17-7-4-8-19(10-17)31-20-11-18(12-29-13-20)25(26,27)28/h4,7-8,10-16,22,31H,2-3,5-6,9H2,1H3,(H,32,36)(H,33,35)/t22-/m0/s1. The molecule has 2 heterocycles. The van der Waals surface area contributed by atoms with Crippen LogP contribution in [0.15, 0.2) is 55.1 Å². The lowest BCUT2D eigenvalue weighted by Gasteiger charge is -2.21. The smallest absolute Gasteiger partial charge is 0.354 e. The molecule has 3 aromatic rings.